The molecule has 0 spiro atoms. The summed E-state index contributed by atoms with van der Waals surface area (Å²) in [6.45, 7) is 0. The molecule has 0 radical (unpaired) electrons. The maximum Gasteiger partial charge on any atom is 0.224 e. The maximum atomic E-state index is 12.5. The number of amides is 1. The van der Waals surface area contributed by atoms with Crippen molar-refractivity contribution < 1.29 is 4.79 Å². The van der Waals surface area contributed by atoms with Gasteiger partial charge in [-0.25, -0.2) is 0 Å². The van der Waals surface area contributed by atoms with E-state index in [0.717, 1.165) is 23.9 Å². The van der Waals surface area contributed by atoms with Crippen LogP contribution < -0.4 is 5.32 Å². The minimum atomic E-state index is 0.188. The van der Waals surface area contributed by atoms with Crippen LogP contribution in [0.2, 0.25) is 0 Å². The van der Waals surface area contributed by atoms with Crippen LogP contribution in [0, 0.1) is 17.8 Å². The Morgan fingerprint density at radius 2 is 1.75 bits per heavy atom. The Morgan fingerprint density at radius 1 is 0.958 bits per heavy atom. The molecule has 2 saturated carbocycles. The predicted molar refractivity (Wildman–Crippen MR) is 97.9 cm³/mol. The molecule has 0 unspecified atom stereocenters. The van der Waals surface area contributed by atoms with Crippen molar-refractivity contribution in [2.75, 3.05) is 5.32 Å². The number of fused-ring (bicyclic) bond motifs is 2. The van der Waals surface area contributed by atoms with Gasteiger partial charge < -0.3 is 5.32 Å². The van der Waals surface area contributed by atoms with Crippen molar-refractivity contribution in [3.8, 4) is 0 Å². The third-order valence-electron chi connectivity index (χ3n) is 5.86. The number of anilines is 1. The Balaban J connectivity index is 1.41. The van der Waals surface area contributed by atoms with Crippen molar-refractivity contribution in [2.24, 2.45) is 17.8 Å². The second-order valence-electron chi connectivity index (χ2n) is 7.51. The summed E-state index contributed by atoms with van der Waals surface area (Å²) < 4.78 is 0. The average Bonchev–Trinajstić information content (AvgIpc) is 3.20. The summed E-state index contributed by atoms with van der Waals surface area (Å²) in [6.07, 6.45) is 6.91. The molecule has 2 heteroatoms. The molecule has 2 aliphatic rings. The monoisotopic (exact) mass is 319 g/mol. The zero-order valence-electron chi connectivity index (χ0n) is 14.1. The molecule has 0 heterocycles. The van der Waals surface area contributed by atoms with Gasteiger partial charge in [-0.15, -0.1) is 0 Å². The maximum absolute atomic E-state index is 12.5. The van der Waals surface area contributed by atoms with Gasteiger partial charge in [0.1, 0.15) is 0 Å². The van der Waals surface area contributed by atoms with Gasteiger partial charge >= 0.3 is 0 Å². The van der Waals surface area contributed by atoms with Crippen molar-refractivity contribution in [1.82, 2.24) is 0 Å². The summed E-state index contributed by atoms with van der Waals surface area (Å²) in [4.78, 5) is 12.5. The van der Waals surface area contributed by atoms with Crippen LogP contribution in [0.3, 0.4) is 0 Å². The molecule has 1 N–H and O–H groups in total. The van der Waals surface area contributed by atoms with E-state index in [1.807, 2.05) is 24.3 Å². The Morgan fingerprint density at radius 3 is 2.50 bits per heavy atom. The lowest BCUT2D eigenvalue weighted by molar-refractivity contribution is -0.117. The van der Waals surface area contributed by atoms with Crippen LogP contribution in [-0.2, 0) is 11.2 Å². The summed E-state index contributed by atoms with van der Waals surface area (Å²) in [5.74, 6) is 2.51. The van der Waals surface area contributed by atoms with Gasteiger partial charge in [0, 0.05) is 12.1 Å². The predicted octanol–water partition coefficient (Wildman–Crippen LogP) is 5.04. The van der Waals surface area contributed by atoms with Crippen molar-refractivity contribution >= 4 is 11.6 Å². The standard InChI is InChI=1S/C22H25NO/c24-22(15-20-14-17-10-11-18(20)13-17)23-21-9-5-4-8-19(21)12-16-6-2-1-3-7-16/h1-9,17-18,20H,10-15H2,(H,23,24)/t17-,18+,20+/m0/s1. The van der Waals surface area contributed by atoms with Crippen LogP contribution in [0.1, 0.15) is 43.2 Å². The van der Waals surface area contributed by atoms with E-state index in [4.69, 9.17) is 0 Å². The van der Waals surface area contributed by atoms with E-state index >= 15 is 0 Å². The topological polar surface area (TPSA) is 29.1 Å². The van der Waals surface area contributed by atoms with E-state index in [1.54, 1.807) is 0 Å². The third-order valence-corrected chi connectivity index (χ3v) is 5.86. The minimum absolute atomic E-state index is 0.188. The number of benzene rings is 2. The van der Waals surface area contributed by atoms with Crippen molar-refractivity contribution in [1.29, 1.82) is 0 Å². The van der Waals surface area contributed by atoms with E-state index in [-0.39, 0.29) is 5.91 Å². The van der Waals surface area contributed by atoms with Crippen molar-refractivity contribution in [3.63, 3.8) is 0 Å². The fourth-order valence-electron chi connectivity index (χ4n) is 4.68. The van der Waals surface area contributed by atoms with E-state index in [1.165, 1.54) is 36.8 Å². The van der Waals surface area contributed by atoms with Crippen LogP contribution in [0.25, 0.3) is 0 Å². The normalized spacial score (nSPS) is 24.9. The van der Waals surface area contributed by atoms with Gasteiger partial charge in [-0.2, -0.15) is 0 Å². The van der Waals surface area contributed by atoms with E-state index < -0.39 is 0 Å². The molecule has 24 heavy (non-hydrogen) atoms. The van der Waals surface area contributed by atoms with Gasteiger partial charge in [-0.1, -0.05) is 55.0 Å². The number of para-hydroxylation sites is 1. The number of hydrogen-bond donors (Lipinski definition) is 1. The van der Waals surface area contributed by atoms with Crippen LogP contribution in [0.5, 0.6) is 0 Å². The van der Waals surface area contributed by atoms with Crippen molar-refractivity contribution in [3.05, 3.63) is 65.7 Å². The van der Waals surface area contributed by atoms with Gasteiger partial charge in [0.05, 0.1) is 0 Å². The zero-order chi connectivity index (χ0) is 16.4. The summed E-state index contributed by atoms with van der Waals surface area (Å²) in [6, 6.07) is 18.6. The van der Waals surface area contributed by atoms with E-state index in [0.29, 0.717) is 12.3 Å². The highest BCUT2D eigenvalue weighted by molar-refractivity contribution is 5.91. The molecule has 2 nitrogen and oxygen atoms in total. The lowest BCUT2D eigenvalue weighted by Crippen LogP contribution is -2.20. The molecule has 2 aromatic rings. The Kier molecular flexibility index (Phi) is 4.38. The van der Waals surface area contributed by atoms with Crippen LogP contribution >= 0.6 is 0 Å². The summed E-state index contributed by atoms with van der Waals surface area (Å²) in [5.41, 5.74) is 3.42. The first-order valence-electron chi connectivity index (χ1n) is 9.19. The number of carbonyl (C=O) groups excluding carboxylic acids is 1. The molecule has 2 bridgehead atoms. The second kappa shape index (κ2) is 6.80. The molecule has 3 atom stereocenters. The summed E-state index contributed by atoms with van der Waals surface area (Å²) >= 11 is 0. The highest BCUT2D eigenvalue weighted by Gasteiger charge is 2.40. The van der Waals surface area contributed by atoms with Gasteiger partial charge in [-0.3, -0.25) is 4.79 Å². The molecule has 0 saturated heterocycles. The molecule has 124 valence electrons. The number of carbonyl (C=O) groups is 1. The molecule has 2 aromatic carbocycles. The van der Waals surface area contributed by atoms with E-state index in [9.17, 15) is 4.79 Å². The SMILES string of the molecule is O=C(C[C@H]1C[C@H]2CC[C@@H]1C2)Nc1ccccc1Cc1ccccc1. The quantitative estimate of drug-likeness (QED) is 0.821. The number of hydrogen-bond acceptors (Lipinski definition) is 1. The van der Waals surface area contributed by atoms with Gasteiger partial charge in [0.25, 0.3) is 0 Å². The number of rotatable bonds is 5. The summed E-state index contributed by atoms with van der Waals surface area (Å²) in [7, 11) is 0. The molecular weight excluding hydrogens is 294 g/mol. The van der Waals surface area contributed by atoms with Gasteiger partial charge in [0.2, 0.25) is 5.91 Å². The molecule has 0 aromatic heterocycles. The number of nitrogens with one attached hydrogen (secondary N) is 1. The van der Waals surface area contributed by atoms with Gasteiger partial charge in [0.15, 0.2) is 0 Å². The van der Waals surface area contributed by atoms with Crippen LogP contribution in [0.4, 0.5) is 5.69 Å². The van der Waals surface area contributed by atoms with Crippen LogP contribution in [0.15, 0.2) is 54.6 Å². The third kappa shape index (κ3) is 3.38. The first-order valence-corrected chi connectivity index (χ1v) is 9.19. The second-order valence-corrected chi connectivity index (χ2v) is 7.51. The Bertz CT molecular complexity index is 709. The molecular formula is C22H25NO. The minimum Gasteiger partial charge on any atom is -0.326 e. The fraction of sp³-hybridized carbons (Fsp3) is 0.409. The fourth-order valence-corrected chi connectivity index (χ4v) is 4.68. The average molecular weight is 319 g/mol. The Hall–Kier alpha value is -2.09. The molecule has 2 aliphatic carbocycles. The molecule has 0 aliphatic heterocycles. The lowest BCUT2D eigenvalue weighted by Gasteiger charge is -2.21. The zero-order valence-corrected chi connectivity index (χ0v) is 14.1. The summed E-state index contributed by atoms with van der Waals surface area (Å²) in [5, 5.41) is 3.18. The van der Waals surface area contributed by atoms with Crippen molar-refractivity contribution in [2.45, 2.75) is 38.5 Å². The van der Waals surface area contributed by atoms with Gasteiger partial charge in [-0.05, 0) is 60.6 Å². The molecule has 1 amide bonds. The lowest BCUT2D eigenvalue weighted by atomic mass is 9.86. The van der Waals surface area contributed by atoms with E-state index in [2.05, 4.69) is 35.6 Å². The highest BCUT2D eigenvalue weighted by Crippen LogP contribution is 2.49. The molecule has 4 rings (SSSR count). The Labute approximate surface area is 144 Å². The first kappa shape index (κ1) is 15.4. The van der Waals surface area contributed by atoms with Crippen LogP contribution in [-0.4, -0.2) is 5.91 Å². The smallest absolute Gasteiger partial charge is 0.224 e. The highest BCUT2D eigenvalue weighted by atomic mass is 16.1. The first-order chi connectivity index (χ1) is 11.8. The largest absolute Gasteiger partial charge is 0.326 e. The molecule has 2 fully saturated rings.